The third-order valence-electron chi connectivity index (χ3n) is 6.56. The van der Waals surface area contributed by atoms with E-state index in [1.165, 1.54) is 12.4 Å². The number of aromatic nitrogens is 6. The highest BCUT2D eigenvalue weighted by atomic mass is 32.1. The monoisotopic (exact) mass is 536 g/mol. The molecule has 4 heterocycles. The number of thiazole rings is 1. The van der Waals surface area contributed by atoms with E-state index < -0.39 is 11.2 Å². The van der Waals surface area contributed by atoms with Gasteiger partial charge in [-0.15, -0.1) is 0 Å². The van der Waals surface area contributed by atoms with Gasteiger partial charge in [0, 0.05) is 43.6 Å². The molecule has 1 amide bonds. The fourth-order valence-corrected chi connectivity index (χ4v) is 5.41. The molecule has 0 radical (unpaired) electrons. The number of carbonyl (C=O) groups is 1. The molecule has 5 rings (SSSR count). The van der Waals surface area contributed by atoms with Crippen LogP contribution in [0.25, 0.3) is 11.3 Å². The minimum absolute atomic E-state index is 0.0632. The molecule has 1 saturated heterocycles. The molecule has 2 aliphatic rings. The van der Waals surface area contributed by atoms with E-state index in [4.69, 9.17) is 4.74 Å². The van der Waals surface area contributed by atoms with Gasteiger partial charge in [0.15, 0.2) is 0 Å². The van der Waals surface area contributed by atoms with Crippen LogP contribution in [0.4, 0.5) is 18.2 Å². The Morgan fingerprint density at radius 2 is 1.89 bits per heavy atom. The Morgan fingerprint density at radius 3 is 2.46 bits per heavy atom. The van der Waals surface area contributed by atoms with Gasteiger partial charge in [0.2, 0.25) is 10.9 Å². The number of piperazine rings is 1. The Hall–Kier alpha value is -3.29. The summed E-state index contributed by atoms with van der Waals surface area (Å²) in [4.78, 5) is 33.1. The maximum absolute atomic E-state index is 13.6. The number of aryl methyl sites for hydroxylation is 2. The van der Waals surface area contributed by atoms with Crippen molar-refractivity contribution in [3.8, 4) is 17.3 Å². The smallest absolute Gasteiger partial charge is 0.443 e. The van der Waals surface area contributed by atoms with E-state index in [2.05, 4.69) is 25.0 Å². The molecule has 14 heteroatoms. The SMILES string of the molecule is Cc1nc(C)n(CC(=O)N2CCN(c3sc(C(F)(F)F)nc3-c3cnc(OC4CCC4)nc3)C[C@H]2C)n1. The summed E-state index contributed by atoms with van der Waals surface area (Å²) < 4.78 is 48.1. The van der Waals surface area contributed by atoms with E-state index in [1.807, 2.05) is 11.8 Å². The Bertz CT molecular complexity index is 1270. The van der Waals surface area contributed by atoms with Gasteiger partial charge in [0.25, 0.3) is 0 Å². The van der Waals surface area contributed by atoms with Crippen LogP contribution in [-0.4, -0.2) is 72.3 Å². The second-order valence-corrected chi connectivity index (χ2v) is 10.3. The normalized spacial score (nSPS) is 18.7. The molecule has 3 aromatic rings. The van der Waals surface area contributed by atoms with Crippen molar-refractivity contribution in [2.75, 3.05) is 24.5 Å². The molecule has 1 aliphatic heterocycles. The van der Waals surface area contributed by atoms with Gasteiger partial charge in [-0.2, -0.15) is 18.3 Å². The number of rotatable bonds is 6. The molecule has 0 N–H and O–H groups in total. The zero-order valence-electron chi connectivity index (χ0n) is 20.7. The standard InChI is InChI=1S/C23H27F3N8O2S/c1-13-11-32(7-8-33(13)18(35)12-34-15(3)29-14(2)31-34)20-19(30-21(37-20)23(24,25)26)16-9-27-22(28-10-16)36-17-5-4-6-17/h9-10,13,17H,4-8,11-12H2,1-3H3/t13-/m1/s1. The number of hydrogen-bond donors (Lipinski definition) is 0. The number of alkyl halides is 3. The van der Waals surface area contributed by atoms with Gasteiger partial charge in [-0.1, -0.05) is 11.3 Å². The second kappa shape index (κ2) is 9.88. The van der Waals surface area contributed by atoms with Crippen molar-refractivity contribution < 1.29 is 22.7 Å². The van der Waals surface area contributed by atoms with Crippen LogP contribution in [-0.2, 0) is 17.5 Å². The third kappa shape index (κ3) is 5.38. The average Bonchev–Trinajstić information content (AvgIpc) is 3.40. The summed E-state index contributed by atoms with van der Waals surface area (Å²) in [6.45, 7) is 6.57. The second-order valence-electron chi connectivity index (χ2n) is 9.34. The number of anilines is 1. The third-order valence-corrected chi connectivity index (χ3v) is 7.72. The van der Waals surface area contributed by atoms with Gasteiger partial charge in [-0.25, -0.2) is 24.6 Å². The van der Waals surface area contributed by atoms with E-state index in [0.29, 0.717) is 53.2 Å². The van der Waals surface area contributed by atoms with Crippen molar-refractivity contribution >= 4 is 22.2 Å². The minimum Gasteiger partial charge on any atom is -0.460 e. The first kappa shape index (κ1) is 25.4. The Labute approximate surface area is 215 Å². The molecule has 0 bridgehead atoms. The molecule has 10 nitrogen and oxygen atoms in total. The Morgan fingerprint density at radius 1 is 1.16 bits per heavy atom. The molecule has 3 aromatic heterocycles. The van der Waals surface area contributed by atoms with Crippen molar-refractivity contribution in [3.63, 3.8) is 0 Å². The first-order valence-electron chi connectivity index (χ1n) is 12.1. The summed E-state index contributed by atoms with van der Waals surface area (Å²) >= 11 is 0.592. The number of halogens is 3. The van der Waals surface area contributed by atoms with Crippen LogP contribution in [0.3, 0.4) is 0 Å². The van der Waals surface area contributed by atoms with Crippen LogP contribution in [0.2, 0.25) is 0 Å². The predicted octanol–water partition coefficient (Wildman–Crippen LogP) is 3.50. The van der Waals surface area contributed by atoms with E-state index >= 15 is 0 Å². The van der Waals surface area contributed by atoms with Gasteiger partial charge in [0.1, 0.15) is 35.0 Å². The van der Waals surface area contributed by atoms with Gasteiger partial charge >= 0.3 is 12.2 Å². The fraction of sp³-hybridized carbons (Fsp3) is 0.565. The predicted molar refractivity (Wildman–Crippen MR) is 129 cm³/mol. The molecule has 2 fully saturated rings. The van der Waals surface area contributed by atoms with Crippen molar-refractivity contribution in [2.24, 2.45) is 0 Å². The molecule has 1 saturated carbocycles. The Kier molecular flexibility index (Phi) is 6.77. The number of carbonyl (C=O) groups excluding carboxylic acids is 1. The molecule has 37 heavy (non-hydrogen) atoms. The van der Waals surface area contributed by atoms with E-state index in [9.17, 15) is 18.0 Å². The zero-order valence-corrected chi connectivity index (χ0v) is 21.5. The lowest BCUT2D eigenvalue weighted by molar-refractivity contribution is -0.137. The Balaban J connectivity index is 1.34. The summed E-state index contributed by atoms with van der Waals surface area (Å²) in [7, 11) is 0. The summed E-state index contributed by atoms with van der Waals surface area (Å²) in [6, 6.07) is -0.0233. The highest BCUT2D eigenvalue weighted by Gasteiger charge is 2.38. The lowest BCUT2D eigenvalue weighted by atomic mass is 9.96. The molecular formula is C23H27F3N8O2S. The maximum Gasteiger partial charge on any atom is 0.443 e. The van der Waals surface area contributed by atoms with Crippen LogP contribution in [0.5, 0.6) is 6.01 Å². The first-order chi connectivity index (χ1) is 17.6. The number of nitrogens with zero attached hydrogens (tertiary/aromatic N) is 8. The van der Waals surface area contributed by atoms with Gasteiger partial charge < -0.3 is 14.5 Å². The zero-order chi connectivity index (χ0) is 26.3. The first-order valence-corrected chi connectivity index (χ1v) is 12.9. The minimum atomic E-state index is -4.58. The highest BCUT2D eigenvalue weighted by Crippen LogP contribution is 2.43. The summed E-state index contributed by atoms with van der Waals surface area (Å²) in [5, 5.41) is 3.69. The fourth-order valence-electron chi connectivity index (χ4n) is 4.42. The van der Waals surface area contributed by atoms with Gasteiger partial charge in [0.05, 0.1) is 0 Å². The van der Waals surface area contributed by atoms with Crippen LogP contribution >= 0.6 is 11.3 Å². The molecule has 0 unspecified atom stereocenters. The molecule has 0 aromatic carbocycles. The average molecular weight is 537 g/mol. The topological polar surface area (TPSA) is 102 Å². The molecule has 198 valence electrons. The highest BCUT2D eigenvalue weighted by molar-refractivity contribution is 7.16. The van der Waals surface area contributed by atoms with E-state index in [1.54, 1.807) is 23.4 Å². The molecule has 1 aliphatic carbocycles. The molecule has 0 spiro atoms. The maximum atomic E-state index is 13.6. The summed E-state index contributed by atoms with van der Waals surface area (Å²) in [6.07, 6.45) is 1.40. The van der Waals surface area contributed by atoms with Crippen molar-refractivity contribution in [1.29, 1.82) is 0 Å². The quantitative estimate of drug-likeness (QED) is 0.472. The van der Waals surface area contributed by atoms with Crippen molar-refractivity contribution in [2.45, 2.75) is 64.9 Å². The van der Waals surface area contributed by atoms with Crippen molar-refractivity contribution in [3.05, 3.63) is 29.1 Å². The van der Waals surface area contributed by atoms with Gasteiger partial charge in [-0.05, 0) is 40.0 Å². The van der Waals surface area contributed by atoms with E-state index in [0.717, 1.165) is 19.3 Å². The number of ether oxygens (including phenoxy) is 1. The molecule has 1 atom stereocenters. The number of hydrogen-bond acceptors (Lipinski definition) is 9. The summed E-state index contributed by atoms with van der Waals surface area (Å²) in [5.74, 6) is 1.13. The lowest BCUT2D eigenvalue weighted by Gasteiger charge is -2.40. The number of amides is 1. The lowest BCUT2D eigenvalue weighted by Crippen LogP contribution is -2.54. The van der Waals surface area contributed by atoms with Crippen LogP contribution in [0.15, 0.2) is 12.4 Å². The largest absolute Gasteiger partial charge is 0.460 e. The van der Waals surface area contributed by atoms with E-state index in [-0.39, 0.29) is 36.3 Å². The molecular weight excluding hydrogens is 509 g/mol. The summed E-state index contributed by atoms with van der Waals surface area (Å²) in [5.41, 5.74) is 0.555. The van der Waals surface area contributed by atoms with Gasteiger partial charge in [-0.3, -0.25) is 4.79 Å². The van der Waals surface area contributed by atoms with Crippen LogP contribution in [0.1, 0.15) is 42.8 Å². The van der Waals surface area contributed by atoms with Crippen molar-refractivity contribution in [1.82, 2.24) is 34.6 Å². The van der Waals surface area contributed by atoms with Crippen LogP contribution < -0.4 is 9.64 Å². The van der Waals surface area contributed by atoms with Crippen LogP contribution in [0, 0.1) is 13.8 Å².